The summed E-state index contributed by atoms with van der Waals surface area (Å²) in [5, 5.41) is 3.00. The van der Waals surface area contributed by atoms with E-state index in [0.717, 1.165) is 15.1 Å². The van der Waals surface area contributed by atoms with E-state index in [1.807, 2.05) is 0 Å². The van der Waals surface area contributed by atoms with E-state index in [0.29, 0.717) is 17.9 Å². The van der Waals surface area contributed by atoms with Crippen LogP contribution in [0, 0.1) is 5.82 Å². The van der Waals surface area contributed by atoms with Gasteiger partial charge in [-0.15, -0.1) is 12.4 Å². The van der Waals surface area contributed by atoms with Crippen LogP contribution in [0.1, 0.15) is 5.56 Å². The van der Waals surface area contributed by atoms with Crippen LogP contribution in [0.2, 0.25) is 0 Å². The van der Waals surface area contributed by atoms with Crippen LogP contribution in [-0.4, -0.2) is 31.5 Å². The third kappa shape index (κ3) is 4.93. The first-order valence-electron chi connectivity index (χ1n) is 9.90. The lowest BCUT2D eigenvalue weighted by Crippen LogP contribution is -2.14. The zero-order valence-electron chi connectivity index (χ0n) is 18.0. The van der Waals surface area contributed by atoms with Crippen LogP contribution in [0.4, 0.5) is 4.39 Å². The number of aromatic nitrogens is 2. The Morgan fingerprint density at radius 1 is 1.03 bits per heavy atom. The van der Waals surface area contributed by atoms with Crippen molar-refractivity contribution in [2.45, 2.75) is 11.4 Å². The van der Waals surface area contributed by atoms with Gasteiger partial charge in [-0.25, -0.2) is 16.8 Å². The van der Waals surface area contributed by atoms with Crippen LogP contribution in [-0.2, 0) is 16.6 Å². The first-order valence-corrected chi connectivity index (χ1v) is 11.3. The van der Waals surface area contributed by atoms with Crippen molar-refractivity contribution in [2.75, 3.05) is 14.2 Å². The monoisotopic (exact) mass is 487 g/mol. The lowest BCUT2D eigenvalue weighted by molar-refractivity contribution is 0.413. The highest BCUT2D eigenvalue weighted by Crippen LogP contribution is 2.31. The molecule has 0 saturated carbocycles. The normalized spacial score (nSPS) is 11.1. The molecular formula is C24H23ClFN3O3S. The smallest absolute Gasteiger partial charge is 0.268 e. The molecule has 0 saturated heterocycles. The molecule has 9 heteroatoms. The second kappa shape index (κ2) is 10.2. The second-order valence-corrected chi connectivity index (χ2v) is 9.00. The van der Waals surface area contributed by atoms with Gasteiger partial charge in [0.15, 0.2) is 0 Å². The van der Waals surface area contributed by atoms with Crippen LogP contribution in [0.3, 0.4) is 0 Å². The summed E-state index contributed by atoms with van der Waals surface area (Å²) in [4.78, 5) is 4.23. The Labute approximate surface area is 198 Å². The van der Waals surface area contributed by atoms with Crippen molar-refractivity contribution in [3.05, 3.63) is 90.6 Å². The Morgan fingerprint density at radius 2 is 1.82 bits per heavy atom. The van der Waals surface area contributed by atoms with Gasteiger partial charge in [-0.1, -0.05) is 24.3 Å². The van der Waals surface area contributed by atoms with Crippen molar-refractivity contribution in [1.82, 2.24) is 14.3 Å². The van der Waals surface area contributed by atoms with E-state index in [-0.39, 0.29) is 28.6 Å². The molecule has 0 aliphatic heterocycles. The number of pyridine rings is 1. The minimum atomic E-state index is -4.01. The number of ether oxygens (including phenoxy) is 1. The molecule has 1 N–H and O–H groups in total. The van der Waals surface area contributed by atoms with Crippen LogP contribution in [0.25, 0.3) is 22.4 Å². The zero-order valence-corrected chi connectivity index (χ0v) is 19.7. The lowest BCUT2D eigenvalue weighted by Gasteiger charge is -2.12. The van der Waals surface area contributed by atoms with Gasteiger partial charge in [0, 0.05) is 30.1 Å². The van der Waals surface area contributed by atoms with Gasteiger partial charge in [0.2, 0.25) is 0 Å². The number of methoxy groups -OCH3 is 1. The van der Waals surface area contributed by atoms with Crippen LogP contribution < -0.4 is 10.1 Å². The van der Waals surface area contributed by atoms with Crippen molar-refractivity contribution in [3.63, 3.8) is 0 Å². The van der Waals surface area contributed by atoms with E-state index in [2.05, 4.69) is 10.3 Å². The number of nitrogens with one attached hydrogen (secondary N) is 1. The van der Waals surface area contributed by atoms with Crippen molar-refractivity contribution < 1.29 is 17.5 Å². The maximum Gasteiger partial charge on any atom is 0.268 e. The summed E-state index contributed by atoms with van der Waals surface area (Å²) in [5.41, 5.74) is 2.60. The molecule has 2 aromatic carbocycles. The molecule has 0 radical (unpaired) electrons. The van der Waals surface area contributed by atoms with E-state index < -0.39 is 15.8 Å². The molecule has 0 bridgehead atoms. The molecular weight excluding hydrogens is 465 g/mol. The molecule has 0 spiro atoms. The average Bonchev–Trinajstić information content (AvgIpc) is 3.24. The highest BCUT2D eigenvalue weighted by atomic mass is 35.5. The summed E-state index contributed by atoms with van der Waals surface area (Å²) < 4.78 is 48.2. The SMILES string of the molecule is CNCc1cc(-c2ccccc2F)n(S(=O)(=O)c2cccc(-c3cncc(OC)c3)c2)c1.Cl. The molecule has 33 heavy (non-hydrogen) atoms. The molecule has 2 heterocycles. The Bertz CT molecular complexity index is 1370. The Morgan fingerprint density at radius 3 is 2.55 bits per heavy atom. The highest BCUT2D eigenvalue weighted by molar-refractivity contribution is 7.90. The lowest BCUT2D eigenvalue weighted by atomic mass is 10.1. The fourth-order valence-electron chi connectivity index (χ4n) is 3.50. The number of benzene rings is 2. The summed E-state index contributed by atoms with van der Waals surface area (Å²) in [6.45, 7) is 0.444. The number of nitrogens with zero attached hydrogens (tertiary/aromatic N) is 2. The van der Waals surface area contributed by atoms with Crippen molar-refractivity contribution in [3.8, 4) is 28.1 Å². The number of hydrogen-bond donors (Lipinski definition) is 1. The summed E-state index contributed by atoms with van der Waals surface area (Å²) >= 11 is 0. The Kier molecular flexibility index (Phi) is 7.53. The van der Waals surface area contributed by atoms with Gasteiger partial charge in [0.25, 0.3) is 10.0 Å². The maximum atomic E-state index is 14.6. The molecule has 4 rings (SSSR count). The van der Waals surface area contributed by atoms with E-state index in [4.69, 9.17) is 4.74 Å². The van der Waals surface area contributed by atoms with Crippen molar-refractivity contribution in [2.24, 2.45) is 0 Å². The van der Waals surface area contributed by atoms with E-state index in [1.165, 1.54) is 18.3 Å². The van der Waals surface area contributed by atoms with Gasteiger partial charge in [-0.2, -0.15) is 0 Å². The van der Waals surface area contributed by atoms with Gasteiger partial charge in [0.1, 0.15) is 11.6 Å². The number of halogens is 2. The molecule has 0 amide bonds. The molecule has 0 unspecified atom stereocenters. The Balaban J connectivity index is 0.00000306. The first kappa shape index (κ1) is 24.4. The van der Waals surface area contributed by atoms with Gasteiger partial charge in [0.05, 0.1) is 23.9 Å². The summed E-state index contributed by atoms with van der Waals surface area (Å²) in [6, 6.07) is 16.2. The molecule has 4 aromatic rings. The molecule has 6 nitrogen and oxygen atoms in total. The maximum absolute atomic E-state index is 14.6. The van der Waals surface area contributed by atoms with Crippen LogP contribution in [0.15, 0.2) is 84.1 Å². The van der Waals surface area contributed by atoms with Crippen LogP contribution >= 0.6 is 12.4 Å². The fourth-order valence-corrected chi connectivity index (χ4v) is 4.94. The largest absolute Gasteiger partial charge is 0.495 e. The highest BCUT2D eigenvalue weighted by Gasteiger charge is 2.23. The number of hydrogen-bond acceptors (Lipinski definition) is 5. The second-order valence-electron chi connectivity index (χ2n) is 7.19. The van der Waals surface area contributed by atoms with Gasteiger partial charge in [-0.05, 0) is 54.6 Å². The van der Waals surface area contributed by atoms with E-state index in [9.17, 15) is 12.8 Å². The van der Waals surface area contributed by atoms with Crippen LogP contribution in [0.5, 0.6) is 5.75 Å². The molecule has 0 aliphatic rings. The standard InChI is InChI=1S/C24H22FN3O3S.ClH/c1-26-13-17-10-24(22-8-3-4-9-23(22)25)28(16-17)32(29,30)21-7-5-6-18(12-21)19-11-20(31-2)15-27-14-19;/h3-12,14-16,26H,13H2,1-2H3;1H. The molecule has 0 aliphatic carbocycles. The summed E-state index contributed by atoms with van der Waals surface area (Å²) in [6.07, 6.45) is 4.74. The number of rotatable bonds is 7. The fraction of sp³-hybridized carbons (Fsp3) is 0.125. The van der Waals surface area contributed by atoms with Crippen molar-refractivity contribution in [1.29, 1.82) is 0 Å². The van der Waals surface area contributed by atoms with Gasteiger partial charge >= 0.3 is 0 Å². The molecule has 0 atom stereocenters. The minimum Gasteiger partial charge on any atom is -0.495 e. The van der Waals surface area contributed by atoms with Crippen molar-refractivity contribution >= 4 is 22.4 Å². The van der Waals surface area contributed by atoms with E-state index >= 15 is 0 Å². The summed E-state index contributed by atoms with van der Waals surface area (Å²) in [5.74, 6) is 0.0778. The molecule has 0 fully saturated rings. The summed E-state index contributed by atoms with van der Waals surface area (Å²) in [7, 11) is -0.701. The predicted octanol–water partition coefficient (Wildman–Crippen LogP) is 4.74. The third-order valence-corrected chi connectivity index (χ3v) is 6.72. The molecule has 172 valence electrons. The Hall–Kier alpha value is -3.20. The third-order valence-electron chi connectivity index (χ3n) is 5.05. The average molecular weight is 488 g/mol. The zero-order chi connectivity index (χ0) is 22.7. The topological polar surface area (TPSA) is 73.2 Å². The first-order chi connectivity index (χ1) is 15.4. The van der Waals surface area contributed by atoms with Gasteiger partial charge in [-0.3, -0.25) is 4.98 Å². The predicted molar refractivity (Wildman–Crippen MR) is 129 cm³/mol. The minimum absolute atomic E-state index is 0. The molecule has 2 aromatic heterocycles. The van der Waals surface area contributed by atoms with E-state index in [1.54, 1.807) is 75.1 Å². The quantitative estimate of drug-likeness (QED) is 0.407. The van der Waals surface area contributed by atoms with Gasteiger partial charge < -0.3 is 10.1 Å².